The third-order valence-corrected chi connectivity index (χ3v) is 5.02. The zero-order chi connectivity index (χ0) is 18.3. The molecule has 1 aromatic heterocycles. The Hall–Kier alpha value is -3.21. The summed E-state index contributed by atoms with van der Waals surface area (Å²) in [5.41, 5.74) is 5.05. The standard InChI is InChI=1S/C21H19N3O2/c1-12-13(2)21(26)24-19-10-15(7-8-16(12)19)23-20(25)9-14-11-22-18-6-4-3-5-17(14)18/h3-8,10-11,16,22H,9H2,1-2H3,(H,24,26). The number of para-hydroxylation sites is 1. The molecule has 0 radical (unpaired) electrons. The fraction of sp³-hybridized carbons (Fsp3) is 0.190. The van der Waals surface area contributed by atoms with Gasteiger partial charge in [-0.2, -0.15) is 0 Å². The summed E-state index contributed by atoms with van der Waals surface area (Å²) in [4.78, 5) is 31.8. The zero-order valence-corrected chi connectivity index (χ0v) is 14.7. The molecule has 0 fully saturated rings. The average molecular weight is 345 g/mol. The van der Waals surface area contributed by atoms with Crippen molar-refractivity contribution in [3.63, 3.8) is 0 Å². The molecule has 1 aromatic carbocycles. The number of nitrogens with one attached hydrogen (secondary N) is 2. The van der Waals surface area contributed by atoms with E-state index in [1.807, 2.05) is 56.5 Å². The van der Waals surface area contributed by atoms with Gasteiger partial charge in [-0.1, -0.05) is 29.8 Å². The Balaban J connectivity index is 1.56. The second-order valence-corrected chi connectivity index (χ2v) is 6.67. The van der Waals surface area contributed by atoms with Crippen molar-refractivity contribution in [3.05, 3.63) is 71.1 Å². The number of nitrogens with zero attached hydrogens (tertiary/aromatic N) is 1. The van der Waals surface area contributed by atoms with Crippen LogP contribution in [0, 0.1) is 5.92 Å². The van der Waals surface area contributed by atoms with E-state index in [9.17, 15) is 9.59 Å². The molecule has 1 atom stereocenters. The third-order valence-electron chi connectivity index (χ3n) is 5.02. The largest absolute Gasteiger partial charge is 0.361 e. The minimum Gasteiger partial charge on any atom is -0.361 e. The second-order valence-electron chi connectivity index (χ2n) is 6.67. The van der Waals surface area contributed by atoms with Crippen molar-refractivity contribution in [2.24, 2.45) is 10.9 Å². The molecule has 2 heterocycles. The summed E-state index contributed by atoms with van der Waals surface area (Å²) in [6.07, 6.45) is 7.69. The van der Waals surface area contributed by atoms with Crippen molar-refractivity contribution in [3.8, 4) is 0 Å². The lowest BCUT2D eigenvalue weighted by Gasteiger charge is -2.28. The quantitative estimate of drug-likeness (QED) is 0.877. The van der Waals surface area contributed by atoms with Crippen molar-refractivity contribution in [2.45, 2.75) is 20.3 Å². The van der Waals surface area contributed by atoms with Crippen LogP contribution in [0.5, 0.6) is 0 Å². The number of aromatic amines is 1. The maximum atomic E-state index is 12.4. The van der Waals surface area contributed by atoms with E-state index in [4.69, 9.17) is 0 Å². The lowest BCUT2D eigenvalue weighted by Crippen LogP contribution is -2.35. The van der Waals surface area contributed by atoms with E-state index in [0.717, 1.165) is 33.3 Å². The number of H-pyrrole nitrogens is 1. The SMILES string of the molecule is CC1=C(C)C2C=CC(=NC(=O)Cc3c[nH]c4ccccc34)C=C2NC1=O. The van der Waals surface area contributed by atoms with Crippen LogP contribution in [0.15, 0.2) is 70.5 Å². The fourth-order valence-corrected chi connectivity index (χ4v) is 3.42. The van der Waals surface area contributed by atoms with Gasteiger partial charge in [0.1, 0.15) is 0 Å². The van der Waals surface area contributed by atoms with Crippen molar-refractivity contribution >= 4 is 28.4 Å². The van der Waals surface area contributed by atoms with E-state index in [0.29, 0.717) is 5.71 Å². The maximum Gasteiger partial charge on any atom is 0.251 e. The van der Waals surface area contributed by atoms with Crippen molar-refractivity contribution in [1.29, 1.82) is 0 Å². The minimum atomic E-state index is -0.213. The summed E-state index contributed by atoms with van der Waals surface area (Å²) in [5.74, 6) is -0.254. The maximum absolute atomic E-state index is 12.4. The van der Waals surface area contributed by atoms with Crippen LogP contribution in [0.3, 0.4) is 0 Å². The van der Waals surface area contributed by atoms with Gasteiger partial charge in [0.2, 0.25) is 0 Å². The number of rotatable bonds is 2. The van der Waals surface area contributed by atoms with Gasteiger partial charge in [0.15, 0.2) is 0 Å². The van der Waals surface area contributed by atoms with E-state index in [2.05, 4.69) is 15.3 Å². The Morgan fingerprint density at radius 1 is 1.23 bits per heavy atom. The molecule has 2 aromatic rings. The minimum absolute atomic E-state index is 0.0513. The van der Waals surface area contributed by atoms with Crippen LogP contribution >= 0.6 is 0 Å². The first-order valence-electron chi connectivity index (χ1n) is 8.58. The lowest BCUT2D eigenvalue weighted by molar-refractivity contribution is -0.118. The Labute approximate surface area is 151 Å². The molecular formula is C21H19N3O2. The average Bonchev–Trinajstić information content (AvgIpc) is 3.02. The molecule has 0 saturated heterocycles. The zero-order valence-electron chi connectivity index (χ0n) is 14.7. The molecule has 2 aliphatic rings. The summed E-state index contributed by atoms with van der Waals surface area (Å²) in [5, 5.41) is 3.92. The fourth-order valence-electron chi connectivity index (χ4n) is 3.42. The number of hydrogen-bond acceptors (Lipinski definition) is 2. The molecule has 26 heavy (non-hydrogen) atoms. The molecule has 1 aliphatic carbocycles. The molecule has 2 amide bonds. The molecule has 0 bridgehead atoms. The van der Waals surface area contributed by atoms with E-state index >= 15 is 0 Å². The summed E-state index contributed by atoms with van der Waals surface area (Å²) in [6, 6.07) is 7.88. The number of allylic oxidation sites excluding steroid dienone is 3. The topological polar surface area (TPSA) is 74.3 Å². The molecule has 0 spiro atoms. The molecule has 5 nitrogen and oxygen atoms in total. The van der Waals surface area contributed by atoms with Gasteiger partial charge in [-0.25, -0.2) is 4.99 Å². The van der Waals surface area contributed by atoms with Gasteiger partial charge in [-0.15, -0.1) is 0 Å². The van der Waals surface area contributed by atoms with Crippen molar-refractivity contribution < 1.29 is 9.59 Å². The molecule has 0 saturated carbocycles. The highest BCUT2D eigenvalue weighted by Crippen LogP contribution is 2.29. The second kappa shape index (κ2) is 6.26. The van der Waals surface area contributed by atoms with Crippen LogP contribution < -0.4 is 5.32 Å². The van der Waals surface area contributed by atoms with Crippen LogP contribution in [-0.4, -0.2) is 22.5 Å². The number of aromatic nitrogens is 1. The third kappa shape index (κ3) is 2.81. The Kier molecular flexibility index (Phi) is 3.92. The normalized spacial score (nSPS) is 21.0. The number of carbonyl (C=O) groups excluding carboxylic acids is 2. The van der Waals surface area contributed by atoms with Gasteiger partial charge in [0.05, 0.1) is 12.1 Å². The van der Waals surface area contributed by atoms with Crippen molar-refractivity contribution in [1.82, 2.24) is 10.3 Å². The molecular weight excluding hydrogens is 326 g/mol. The molecule has 1 unspecified atom stereocenters. The lowest BCUT2D eigenvalue weighted by atomic mass is 9.85. The molecule has 130 valence electrons. The van der Waals surface area contributed by atoms with Crippen LogP contribution in [0.4, 0.5) is 0 Å². The summed E-state index contributed by atoms with van der Waals surface area (Å²) in [7, 11) is 0. The van der Waals surface area contributed by atoms with Gasteiger partial charge in [0.25, 0.3) is 11.8 Å². The van der Waals surface area contributed by atoms with Gasteiger partial charge >= 0.3 is 0 Å². The van der Waals surface area contributed by atoms with Crippen LogP contribution in [0.25, 0.3) is 10.9 Å². The molecule has 5 heteroatoms. The first kappa shape index (κ1) is 16.3. The molecule has 1 aliphatic heterocycles. The predicted octanol–water partition coefficient (Wildman–Crippen LogP) is 3.21. The van der Waals surface area contributed by atoms with E-state index in [-0.39, 0.29) is 24.2 Å². The predicted molar refractivity (Wildman–Crippen MR) is 102 cm³/mol. The highest BCUT2D eigenvalue weighted by atomic mass is 16.2. The number of aliphatic imine (C=N–C) groups is 1. The Morgan fingerprint density at radius 2 is 2.04 bits per heavy atom. The number of carbonyl (C=O) groups is 2. The first-order valence-corrected chi connectivity index (χ1v) is 8.58. The van der Waals surface area contributed by atoms with E-state index in [1.54, 1.807) is 6.08 Å². The van der Waals surface area contributed by atoms with E-state index in [1.165, 1.54) is 0 Å². The summed E-state index contributed by atoms with van der Waals surface area (Å²) >= 11 is 0. The van der Waals surface area contributed by atoms with Crippen LogP contribution in [0.1, 0.15) is 19.4 Å². The van der Waals surface area contributed by atoms with Gasteiger partial charge in [-0.3, -0.25) is 9.59 Å². The summed E-state index contributed by atoms with van der Waals surface area (Å²) in [6.45, 7) is 3.78. The number of amides is 2. The van der Waals surface area contributed by atoms with Gasteiger partial charge in [0, 0.05) is 34.3 Å². The highest BCUT2D eigenvalue weighted by molar-refractivity contribution is 6.12. The molecule has 4 rings (SSSR count). The first-order chi connectivity index (χ1) is 12.5. The Bertz CT molecular complexity index is 1050. The summed E-state index contributed by atoms with van der Waals surface area (Å²) < 4.78 is 0. The van der Waals surface area contributed by atoms with Crippen LogP contribution in [-0.2, 0) is 16.0 Å². The number of fused-ring (bicyclic) bond motifs is 2. The Morgan fingerprint density at radius 3 is 2.88 bits per heavy atom. The number of benzene rings is 1. The van der Waals surface area contributed by atoms with Gasteiger partial charge in [-0.05, 0) is 37.6 Å². The van der Waals surface area contributed by atoms with E-state index < -0.39 is 0 Å². The highest BCUT2D eigenvalue weighted by Gasteiger charge is 2.27. The smallest absolute Gasteiger partial charge is 0.251 e. The monoisotopic (exact) mass is 345 g/mol. The van der Waals surface area contributed by atoms with Gasteiger partial charge < -0.3 is 10.3 Å². The van der Waals surface area contributed by atoms with Crippen molar-refractivity contribution in [2.75, 3.05) is 0 Å². The van der Waals surface area contributed by atoms with Crippen LogP contribution in [0.2, 0.25) is 0 Å². The molecule has 2 N–H and O–H groups in total. The number of hydrogen-bond donors (Lipinski definition) is 2.